The summed E-state index contributed by atoms with van der Waals surface area (Å²) in [6.07, 6.45) is 5.44. The quantitative estimate of drug-likeness (QED) is 0.786. The maximum atomic E-state index is 5.92. The third-order valence-corrected chi connectivity index (χ3v) is 4.58. The number of hydrogen-bond acceptors (Lipinski definition) is 2. The normalized spacial score (nSPS) is 29.8. The van der Waals surface area contributed by atoms with Crippen LogP contribution < -0.4 is 5.73 Å². The molecule has 0 aromatic rings. The standard InChI is InChI=1S/C16H34N2/c1-6-9-18(12-16(4,5)11-17)15-10-13(2)7-8-14(15)3/h13-15H,6-12,17H2,1-5H3. The molecule has 2 N–H and O–H groups in total. The minimum absolute atomic E-state index is 0.246. The van der Waals surface area contributed by atoms with Crippen LogP contribution in [0.15, 0.2) is 0 Å². The van der Waals surface area contributed by atoms with Crippen LogP contribution in [-0.4, -0.2) is 30.6 Å². The van der Waals surface area contributed by atoms with Crippen LogP contribution in [0.1, 0.15) is 60.3 Å². The summed E-state index contributed by atoms with van der Waals surface area (Å²) in [6.45, 7) is 14.9. The van der Waals surface area contributed by atoms with Crippen molar-refractivity contribution in [3.8, 4) is 0 Å². The van der Waals surface area contributed by atoms with Gasteiger partial charge in [-0.05, 0) is 49.6 Å². The van der Waals surface area contributed by atoms with Crippen LogP contribution in [0.5, 0.6) is 0 Å². The van der Waals surface area contributed by atoms with Crippen molar-refractivity contribution in [1.82, 2.24) is 4.90 Å². The lowest BCUT2D eigenvalue weighted by Gasteiger charge is -2.43. The Morgan fingerprint density at radius 1 is 1.22 bits per heavy atom. The van der Waals surface area contributed by atoms with E-state index < -0.39 is 0 Å². The van der Waals surface area contributed by atoms with E-state index in [1.54, 1.807) is 0 Å². The van der Waals surface area contributed by atoms with E-state index in [4.69, 9.17) is 5.73 Å². The first-order valence-electron chi connectivity index (χ1n) is 7.83. The van der Waals surface area contributed by atoms with Crippen molar-refractivity contribution in [2.24, 2.45) is 23.0 Å². The third kappa shape index (κ3) is 4.55. The van der Waals surface area contributed by atoms with Crippen LogP contribution in [0.2, 0.25) is 0 Å². The van der Waals surface area contributed by atoms with Gasteiger partial charge in [-0.1, -0.05) is 41.0 Å². The zero-order valence-corrected chi connectivity index (χ0v) is 13.2. The van der Waals surface area contributed by atoms with Gasteiger partial charge in [-0.15, -0.1) is 0 Å². The van der Waals surface area contributed by atoms with Crippen molar-refractivity contribution in [3.05, 3.63) is 0 Å². The van der Waals surface area contributed by atoms with Gasteiger partial charge in [0.2, 0.25) is 0 Å². The molecule has 3 atom stereocenters. The molecule has 0 aromatic carbocycles. The summed E-state index contributed by atoms with van der Waals surface area (Å²) in [6, 6.07) is 0.777. The average molecular weight is 254 g/mol. The highest BCUT2D eigenvalue weighted by atomic mass is 15.2. The van der Waals surface area contributed by atoms with Crippen LogP contribution in [0.3, 0.4) is 0 Å². The molecule has 0 aromatic heterocycles. The van der Waals surface area contributed by atoms with Gasteiger partial charge in [0.15, 0.2) is 0 Å². The molecule has 1 rings (SSSR count). The molecule has 1 fully saturated rings. The summed E-state index contributed by atoms with van der Waals surface area (Å²) in [5, 5.41) is 0. The molecule has 0 amide bonds. The lowest BCUT2D eigenvalue weighted by molar-refractivity contribution is 0.0595. The molecule has 1 aliphatic rings. The number of nitrogens with zero attached hydrogens (tertiary/aromatic N) is 1. The fourth-order valence-electron chi connectivity index (χ4n) is 3.27. The zero-order valence-electron chi connectivity index (χ0n) is 13.2. The first-order valence-corrected chi connectivity index (χ1v) is 7.83. The molecular formula is C16H34N2. The molecule has 0 radical (unpaired) electrons. The van der Waals surface area contributed by atoms with Gasteiger partial charge in [0.25, 0.3) is 0 Å². The SMILES string of the molecule is CCCN(CC(C)(C)CN)C1CC(C)CCC1C. The Hall–Kier alpha value is -0.0800. The molecule has 108 valence electrons. The lowest BCUT2D eigenvalue weighted by atomic mass is 9.78. The van der Waals surface area contributed by atoms with E-state index in [9.17, 15) is 0 Å². The molecule has 0 saturated heterocycles. The van der Waals surface area contributed by atoms with E-state index in [0.29, 0.717) is 0 Å². The molecule has 2 nitrogen and oxygen atoms in total. The van der Waals surface area contributed by atoms with Gasteiger partial charge in [-0.3, -0.25) is 4.90 Å². The minimum atomic E-state index is 0.246. The summed E-state index contributed by atoms with van der Waals surface area (Å²) >= 11 is 0. The van der Waals surface area contributed by atoms with Gasteiger partial charge in [-0.2, -0.15) is 0 Å². The fraction of sp³-hybridized carbons (Fsp3) is 1.00. The summed E-state index contributed by atoms with van der Waals surface area (Å²) in [5.74, 6) is 1.74. The van der Waals surface area contributed by atoms with Crippen molar-refractivity contribution in [3.63, 3.8) is 0 Å². The Labute approximate surface area is 114 Å². The van der Waals surface area contributed by atoms with Crippen molar-refractivity contribution in [2.45, 2.75) is 66.3 Å². The zero-order chi connectivity index (χ0) is 13.8. The maximum Gasteiger partial charge on any atom is 0.0124 e. The molecule has 3 unspecified atom stereocenters. The number of nitrogens with two attached hydrogens (primary N) is 1. The first-order chi connectivity index (χ1) is 8.39. The topological polar surface area (TPSA) is 29.3 Å². The number of hydrogen-bond donors (Lipinski definition) is 1. The first kappa shape index (κ1) is 16.0. The van der Waals surface area contributed by atoms with Gasteiger partial charge in [-0.25, -0.2) is 0 Å². The van der Waals surface area contributed by atoms with E-state index >= 15 is 0 Å². The predicted molar refractivity (Wildman–Crippen MR) is 80.7 cm³/mol. The van der Waals surface area contributed by atoms with Gasteiger partial charge < -0.3 is 5.73 Å². The Balaban J connectivity index is 2.70. The monoisotopic (exact) mass is 254 g/mol. The highest BCUT2D eigenvalue weighted by Gasteiger charge is 2.32. The molecule has 0 bridgehead atoms. The van der Waals surface area contributed by atoms with Crippen molar-refractivity contribution < 1.29 is 0 Å². The molecule has 1 aliphatic carbocycles. The van der Waals surface area contributed by atoms with Gasteiger partial charge >= 0.3 is 0 Å². The molecule has 0 spiro atoms. The van der Waals surface area contributed by atoms with Crippen LogP contribution in [0.25, 0.3) is 0 Å². The van der Waals surface area contributed by atoms with Crippen LogP contribution >= 0.6 is 0 Å². The summed E-state index contributed by atoms with van der Waals surface area (Å²) in [4.78, 5) is 2.73. The van der Waals surface area contributed by atoms with Gasteiger partial charge in [0.05, 0.1) is 0 Å². The van der Waals surface area contributed by atoms with Gasteiger partial charge in [0, 0.05) is 12.6 Å². The predicted octanol–water partition coefficient (Wildman–Crippen LogP) is 3.51. The second-order valence-electron chi connectivity index (χ2n) is 7.30. The third-order valence-electron chi connectivity index (χ3n) is 4.58. The van der Waals surface area contributed by atoms with Crippen molar-refractivity contribution in [1.29, 1.82) is 0 Å². The Bertz CT molecular complexity index is 237. The smallest absolute Gasteiger partial charge is 0.0124 e. The number of rotatable bonds is 6. The summed E-state index contributed by atoms with van der Waals surface area (Å²) in [5.41, 5.74) is 6.16. The minimum Gasteiger partial charge on any atom is -0.330 e. The lowest BCUT2D eigenvalue weighted by Crippen LogP contribution is -2.48. The van der Waals surface area contributed by atoms with Crippen LogP contribution in [0, 0.1) is 17.3 Å². The largest absolute Gasteiger partial charge is 0.330 e. The fourth-order valence-corrected chi connectivity index (χ4v) is 3.27. The maximum absolute atomic E-state index is 5.92. The summed E-state index contributed by atoms with van der Waals surface area (Å²) < 4.78 is 0. The Morgan fingerprint density at radius 3 is 2.44 bits per heavy atom. The molecule has 1 saturated carbocycles. The van der Waals surface area contributed by atoms with Crippen LogP contribution in [-0.2, 0) is 0 Å². The average Bonchev–Trinajstić information content (AvgIpc) is 2.31. The molecule has 0 heterocycles. The van der Waals surface area contributed by atoms with Crippen molar-refractivity contribution >= 4 is 0 Å². The Kier molecular flexibility index (Phi) is 6.13. The van der Waals surface area contributed by atoms with E-state index in [0.717, 1.165) is 31.0 Å². The van der Waals surface area contributed by atoms with Crippen LogP contribution in [0.4, 0.5) is 0 Å². The van der Waals surface area contributed by atoms with Gasteiger partial charge in [0.1, 0.15) is 0 Å². The van der Waals surface area contributed by atoms with E-state index in [2.05, 4.69) is 39.5 Å². The Morgan fingerprint density at radius 2 is 1.89 bits per heavy atom. The van der Waals surface area contributed by atoms with Crippen molar-refractivity contribution in [2.75, 3.05) is 19.6 Å². The van der Waals surface area contributed by atoms with E-state index in [-0.39, 0.29) is 5.41 Å². The van der Waals surface area contributed by atoms with E-state index in [1.807, 2.05) is 0 Å². The second kappa shape index (κ2) is 6.91. The second-order valence-corrected chi connectivity index (χ2v) is 7.30. The highest BCUT2D eigenvalue weighted by Crippen LogP contribution is 2.33. The highest BCUT2D eigenvalue weighted by molar-refractivity contribution is 4.86. The molecule has 0 aliphatic heterocycles. The van der Waals surface area contributed by atoms with E-state index in [1.165, 1.54) is 32.2 Å². The molecule has 2 heteroatoms. The molecular weight excluding hydrogens is 220 g/mol. The molecule has 18 heavy (non-hydrogen) atoms. The summed E-state index contributed by atoms with van der Waals surface area (Å²) in [7, 11) is 0.